The van der Waals surface area contributed by atoms with Gasteiger partial charge in [-0.15, -0.1) is 22.7 Å². The topological polar surface area (TPSA) is 72.3 Å². The number of halogens is 6. The van der Waals surface area contributed by atoms with Crippen LogP contribution in [0.4, 0.5) is 26.3 Å². The van der Waals surface area contributed by atoms with Crippen LogP contribution in [0.15, 0.2) is 58.5 Å². The summed E-state index contributed by atoms with van der Waals surface area (Å²) < 4.78 is 81.8. The van der Waals surface area contributed by atoms with Crippen LogP contribution in [-0.2, 0) is 25.2 Å². The summed E-state index contributed by atoms with van der Waals surface area (Å²) in [5.41, 5.74) is 3.41. The average molecular weight is 837 g/mol. The third-order valence-corrected chi connectivity index (χ3v) is 13.3. The molecular formula is C46H50F6N4S2. The van der Waals surface area contributed by atoms with Gasteiger partial charge in [0.25, 0.3) is 0 Å². The SMILES string of the molecule is CCCCCCCCCCc1c(-c2ccc(C(F)(F)F)cc2)sc2c1C(=NC#N)c1sc(-c3ccc(C(F)(F)F)cc3)c(CCCCCCCCCC)c1C2=NC#N. The van der Waals surface area contributed by atoms with E-state index in [0.717, 1.165) is 122 Å². The standard InChI is InChI=1S/C46H50F6N4S2/c1-3-5-7-9-11-13-15-17-19-35-37-39(55-29-53)44-38(40(56-30-54)43(37)57-41(35)31-21-25-33(26-22-31)45(47,48)49)36(20-18-16-14-12-10-8-6-4-2)42(58-44)32-23-27-34(28-24-32)46(50,51)52/h21-28H,3-20H2,1-2H3. The number of hydrogen-bond donors (Lipinski definition) is 0. The highest BCUT2D eigenvalue weighted by molar-refractivity contribution is 7.21. The van der Waals surface area contributed by atoms with Gasteiger partial charge in [-0.25, -0.2) is 0 Å². The van der Waals surface area contributed by atoms with Crippen LogP contribution in [0.5, 0.6) is 0 Å². The molecule has 0 spiro atoms. The van der Waals surface area contributed by atoms with Gasteiger partial charge in [0, 0.05) is 20.9 Å². The van der Waals surface area contributed by atoms with Crippen LogP contribution < -0.4 is 0 Å². The van der Waals surface area contributed by atoms with Crippen molar-refractivity contribution in [1.29, 1.82) is 10.5 Å². The molecule has 0 atom stereocenters. The molecule has 2 heterocycles. The summed E-state index contributed by atoms with van der Waals surface area (Å²) >= 11 is 2.67. The number of nitrogens with zero attached hydrogens (tertiary/aromatic N) is 4. The van der Waals surface area contributed by atoms with Gasteiger partial charge < -0.3 is 0 Å². The number of aliphatic imine (C=N–C) groups is 2. The predicted molar refractivity (Wildman–Crippen MR) is 225 cm³/mol. The number of benzene rings is 2. The number of thiophene rings is 2. The first kappa shape index (κ1) is 44.8. The van der Waals surface area contributed by atoms with E-state index in [1.807, 2.05) is 12.4 Å². The molecule has 308 valence electrons. The zero-order chi connectivity index (χ0) is 41.7. The molecule has 0 unspecified atom stereocenters. The average Bonchev–Trinajstić information content (AvgIpc) is 3.77. The highest BCUT2D eigenvalue weighted by Crippen LogP contribution is 2.49. The second-order valence-electron chi connectivity index (χ2n) is 14.9. The summed E-state index contributed by atoms with van der Waals surface area (Å²) in [7, 11) is 0. The molecule has 0 radical (unpaired) electrons. The Bertz CT molecular complexity index is 1960. The summed E-state index contributed by atoms with van der Waals surface area (Å²) in [4.78, 5) is 11.5. The van der Waals surface area contributed by atoms with Gasteiger partial charge in [0.2, 0.25) is 12.4 Å². The lowest BCUT2D eigenvalue weighted by atomic mass is 9.85. The number of alkyl halides is 6. The van der Waals surface area contributed by atoms with Crippen molar-refractivity contribution in [2.75, 3.05) is 0 Å². The fourth-order valence-electron chi connectivity index (χ4n) is 7.74. The second kappa shape index (κ2) is 21.1. The molecule has 4 aromatic rings. The lowest BCUT2D eigenvalue weighted by molar-refractivity contribution is -0.138. The van der Waals surface area contributed by atoms with E-state index in [1.54, 1.807) is 0 Å². The van der Waals surface area contributed by atoms with Crippen LogP contribution in [0.2, 0.25) is 0 Å². The maximum atomic E-state index is 13.6. The van der Waals surface area contributed by atoms with Crippen molar-refractivity contribution in [3.8, 4) is 33.3 Å². The molecule has 0 saturated heterocycles. The molecule has 58 heavy (non-hydrogen) atoms. The van der Waals surface area contributed by atoms with Crippen LogP contribution in [0.25, 0.3) is 20.9 Å². The Morgan fingerprint density at radius 2 is 0.776 bits per heavy atom. The van der Waals surface area contributed by atoms with Crippen LogP contribution in [-0.4, -0.2) is 11.4 Å². The Hall–Kier alpha value is -4.26. The van der Waals surface area contributed by atoms with Gasteiger partial charge >= 0.3 is 12.4 Å². The highest BCUT2D eigenvalue weighted by Gasteiger charge is 2.38. The molecule has 0 aliphatic heterocycles. The van der Waals surface area contributed by atoms with Gasteiger partial charge in [-0.05, 0) is 72.2 Å². The molecule has 4 nitrogen and oxygen atoms in total. The Morgan fingerprint density at radius 1 is 0.466 bits per heavy atom. The Labute approximate surface area is 346 Å². The molecular weight excluding hydrogens is 787 g/mol. The molecule has 0 amide bonds. The molecule has 0 fully saturated rings. The van der Waals surface area contributed by atoms with Gasteiger partial charge in [0.05, 0.1) is 20.9 Å². The van der Waals surface area contributed by atoms with Crippen molar-refractivity contribution in [1.82, 2.24) is 0 Å². The molecule has 2 aromatic carbocycles. The molecule has 12 heteroatoms. The van der Waals surface area contributed by atoms with Crippen LogP contribution >= 0.6 is 22.7 Å². The second-order valence-corrected chi connectivity index (χ2v) is 17.0. The van der Waals surface area contributed by atoms with E-state index in [0.29, 0.717) is 56.3 Å². The summed E-state index contributed by atoms with van der Waals surface area (Å²) in [6.45, 7) is 4.36. The van der Waals surface area contributed by atoms with Gasteiger partial charge in [0.1, 0.15) is 11.4 Å². The maximum Gasteiger partial charge on any atom is 0.416 e. The minimum atomic E-state index is -4.50. The minimum absolute atomic E-state index is 0.397. The van der Waals surface area contributed by atoms with Crippen LogP contribution in [0.1, 0.15) is 160 Å². The van der Waals surface area contributed by atoms with E-state index in [2.05, 4.69) is 23.8 Å². The third kappa shape index (κ3) is 11.1. The maximum absolute atomic E-state index is 13.6. The fourth-order valence-corrected chi connectivity index (χ4v) is 10.4. The van der Waals surface area contributed by atoms with E-state index in [-0.39, 0.29) is 0 Å². The van der Waals surface area contributed by atoms with Crippen molar-refractivity contribution in [2.45, 2.75) is 142 Å². The largest absolute Gasteiger partial charge is 0.416 e. The smallest absolute Gasteiger partial charge is 0.172 e. The summed E-state index contributed by atoms with van der Waals surface area (Å²) in [5, 5.41) is 20.3. The van der Waals surface area contributed by atoms with Crippen molar-refractivity contribution in [3.63, 3.8) is 0 Å². The zero-order valence-corrected chi connectivity index (χ0v) is 34.9. The summed E-state index contributed by atoms with van der Waals surface area (Å²) in [5.74, 6) is 0. The predicted octanol–water partition coefficient (Wildman–Crippen LogP) is 15.5. The van der Waals surface area contributed by atoms with Crippen molar-refractivity contribution >= 4 is 34.1 Å². The molecule has 0 bridgehead atoms. The van der Waals surface area contributed by atoms with Gasteiger partial charge in [-0.2, -0.15) is 46.9 Å². The third-order valence-electron chi connectivity index (χ3n) is 10.8. The molecule has 2 aromatic heterocycles. The first-order valence-corrected chi connectivity index (χ1v) is 22.2. The lowest BCUT2D eigenvalue weighted by Gasteiger charge is -2.19. The highest BCUT2D eigenvalue weighted by atomic mass is 32.1. The van der Waals surface area contributed by atoms with E-state index in [1.165, 1.54) is 72.6 Å². The van der Waals surface area contributed by atoms with Crippen molar-refractivity contribution in [2.24, 2.45) is 9.98 Å². The van der Waals surface area contributed by atoms with E-state index < -0.39 is 23.5 Å². The normalized spacial score (nSPS) is 14.1. The lowest BCUT2D eigenvalue weighted by Crippen LogP contribution is -2.21. The van der Waals surface area contributed by atoms with E-state index in [9.17, 15) is 36.9 Å². The number of rotatable bonds is 20. The van der Waals surface area contributed by atoms with Crippen molar-refractivity contribution in [3.05, 3.63) is 91.7 Å². The number of unbranched alkanes of at least 4 members (excludes halogenated alkanes) is 14. The Kier molecular flexibility index (Phi) is 16.3. The molecule has 0 saturated carbocycles. The number of nitriles is 2. The van der Waals surface area contributed by atoms with E-state index in [4.69, 9.17) is 0 Å². The van der Waals surface area contributed by atoms with Gasteiger partial charge in [0.15, 0.2) is 0 Å². The minimum Gasteiger partial charge on any atom is -0.172 e. The molecule has 5 rings (SSSR count). The Balaban J connectivity index is 1.63. The van der Waals surface area contributed by atoms with Crippen LogP contribution in [0.3, 0.4) is 0 Å². The first-order valence-electron chi connectivity index (χ1n) is 20.6. The number of hydrogen-bond acceptors (Lipinski definition) is 6. The Morgan fingerprint density at radius 3 is 1.07 bits per heavy atom. The van der Waals surface area contributed by atoms with E-state index >= 15 is 0 Å². The van der Waals surface area contributed by atoms with Gasteiger partial charge in [-0.3, -0.25) is 0 Å². The van der Waals surface area contributed by atoms with Crippen molar-refractivity contribution < 1.29 is 26.3 Å². The molecule has 0 N–H and O–H groups in total. The number of fused-ring (bicyclic) bond motifs is 2. The monoisotopic (exact) mass is 836 g/mol. The van der Waals surface area contributed by atoms with Gasteiger partial charge in [-0.1, -0.05) is 128 Å². The molecule has 1 aliphatic carbocycles. The summed E-state index contributed by atoms with van der Waals surface area (Å²) in [6, 6.07) is 10.1. The summed E-state index contributed by atoms with van der Waals surface area (Å²) in [6.07, 6.45) is 13.3. The quantitative estimate of drug-likeness (QED) is 0.0445. The molecule has 1 aliphatic rings. The fraction of sp³-hybridized carbons (Fsp3) is 0.478. The first-order chi connectivity index (χ1) is 27.9. The van der Waals surface area contributed by atoms with Crippen LogP contribution in [0, 0.1) is 22.9 Å². The zero-order valence-electron chi connectivity index (χ0n) is 33.2.